The van der Waals surface area contributed by atoms with E-state index >= 15 is 0 Å². The average molecular weight is 308 g/mol. The number of nitrogens with one attached hydrogen (secondary N) is 1. The number of carbonyl (C=O) groups is 1. The van der Waals surface area contributed by atoms with Crippen LogP contribution in [0.2, 0.25) is 0 Å². The third kappa shape index (κ3) is 4.38. The number of piperidine rings is 1. The van der Waals surface area contributed by atoms with Crippen molar-refractivity contribution in [1.29, 1.82) is 0 Å². The van der Waals surface area contributed by atoms with Gasteiger partial charge in [0.05, 0.1) is 12.4 Å². The maximum atomic E-state index is 12.5. The van der Waals surface area contributed by atoms with E-state index in [4.69, 9.17) is 4.74 Å². The van der Waals surface area contributed by atoms with Crippen molar-refractivity contribution in [1.82, 2.24) is 10.2 Å². The predicted molar refractivity (Wildman–Crippen MR) is 87.0 cm³/mol. The first-order chi connectivity index (χ1) is 10.1. The molecule has 21 heavy (non-hydrogen) atoms. The number of thioether (sulfide) groups is 1. The van der Waals surface area contributed by atoms with E-state index in [-0.39, 0.29) is 11.2 Å². The number of rotatable bonds is 5. The fourth-order valence-corrected chi connectivity index (χ4v) is 3.54. The van der Waals surface area contributed by atoms with Crippen LogP contribution < -0.4 is 10.1 Å². The summed E-state index contributed by atoms with van der Waals surface area (Å²) in [7, 11) is 3.59. The molecule has 4 nitrogen and oxygen atoms in total. The lowest BCUT2D eigenvalue weighted by Gasteiger charge is -2.33. The summed E-state index contributed by atoms with van der Waals surface area (Å²) in [6, 6.07) is 8.22. The number of nitrogens with zero attached hydrogens (tertiary/aromatic N) is 1. The second kappa shape index (κ2) is 7.71. The molecule has 1 unspecified atom stereocenters. The van der Waals surface area contributed by atoms with Crippen LogP contribution in [-0.4, -0.2) is 49.3 Å². The van der Waals surface area contributed by atoms with Gasteiger partial charge in [-0.1, -0.05) is 0 Å². The minimum absolute atomic E-state index is 0.0710. The van der Waals surface area contributed by atoms with Gasteiger partial charge >= 0.3 is 0 Å². The van der Waals surface area contributed by atoms with E-state index in [1.54, 1.807) is 18.9 Å². The zero-order chi connectivity index (χ0) is 15.2. The molecule has 1 heterocycles. The lowest BCUT2D eigenvalue weighted by molar-refractivity contribution is -0.131. The van der Waals surface area contributed by atoms with E-state index in [2.05, 4.69) is 5.32 Å². The van der Waals surface area contributed by atoms with E-state index in [1.807, 2.05) is 43.1 Å². The lowest BCUT2D eigenvalue weighted by atomic mass is 10.1. The minimum Gasteiger partial charge on any atom is -0.497 e. The molecule has 1 amide bonds. The van der Waals surface area contributed by atoms with Crippen LogP contribution in [0.15, 0.2) is 29.2 Å². The minimum atomic E-state index is -0.0710. The molecule has 1 aromatic carbocycles. The van der Waals surface area contributed by atoms with E-state index in [1.165, 1.54) is 0 Å². The molecule has 1 aromatic rings. The van der Waals surface area contributed by atoms with Crippen molar-refractivity contribution in [2.24, 2.45) is 0 Å². The summed E-state index contributed by atoms with van der Waals surface area (Å²) in [6.45, 7) is 3.99. The Balaban J connectivity index is 1.91. The Bertz CT molecular complexity index is 458. The molecule has 1 aliphatic rings. The highest BCUT2D eigenvalue weighted by atomic mass is 32.2. The quantitative estimate of drug-likeness (QED) is 0.848. The van der Waals surface area contributed by atoms with Crippen LogP contribution in [0.4, 0.5) is 0 Å². The third-order valence-electron chi connectivity index (χ3n) is 3.92. The highest BCUT2D eigenvalue weighted by Crippen LogP contribution is 2.27. The molecule has 0 saturated carbocycles. The lowest BCUT2D eigenvalue weighted by Crippen LogP contribution is -2.46. The van der Waals surface area contributed by atoms with Gasteiger partial charge in [0.1, 0.15) is 5.75 Å². The predicted octanol–water partition coefficient (Wildman–Crippen LogP) is 2.39. The molecule has 1 saturated heterocycles. The number of ether oxygens (including phenoxy) is 1. The molecule has 0 spiro atoms. The summed E-state index contributed by atoms with van der Waals surface area (Å²) in [6.07, 6.45) is 2.09. The molecule has 0 radical (unpaired) electrons. The van der Waals surface area contributed by atoms with Gasteiger partial charge in [-0.15, -0.1) is 11.8 Å². The van der Waals surface area contributed by atoms with Gasteiger partial charge in [0.25, 0.3) is 0 Å². The fraction of sp³-hybridized carbons (Fsp3) is 0.562. The fourth-order valence-electron chi connectivity index (χ4n) is 2.57. The Labute approximate surface area is 131 Å². The van der Waals surface area contributed by atoms with Gasteiger partial charge in [-0.05, 0) is 57.1 Å². The molecule has 1 N–H and O–H groups in total. The van der Waals surface area contributed by atoms with Crippen molar-refractivity contribution < 1.29 is 9.53 Å². The van der Waals surface area contributed by atoms with Crippen molar-refractivity contribution in [3.05, 3.63) is 24.3 Å². The van der Waals surface area contributed by atoms with Gasteiger partial charge in [0, 0.05) is 18.0 Å². The number of methoxy groups -OCH3 is 1. The first-order valence-corrected chi connectivity index (χ1v) is 8.28. The third-order valence-corrected chi connectivity index (χ3v) is 5.02. The van der Waals surface area contributed by atoms with E-state index in [9.17, 15) is 4.79 Å². The van der Waals surface area contributed by atoms with E-state index < -0.39 is 0 Å². The van der Waals surface area contributed by atoms with E-state index in [0.29, 0.717) is 6.04 Å². The molecule has 116 valence electrons. The largest absolute Gasteiger partial charge is 0.497 e. The first kappa shape index (κ1) is 16.2. The number of benzene rings is 1. The zero-order valence-electron chi connectivity index (χ0n) is 13.0. The molecule has 0 aliphatic carbocycles. The van der Waals surface area contributed by atoms with Crippen molar-refractivity contribution in [2.75, 3.05) is 27.2 Å². The van der Waals surface area contributed by atoms with Gasteiger partial charge in [0.15, 0.2) is 0 Å². The molecule has 0 aromatic heterocycles. The second-order valence-electron chi connectivity index (χ2n) is 5.37. The Morgan fingerprint density at radius 3 is 2.52 bits per heavy atom. The SMILES string of the molecule is COc1ccc(SC(C)C(=O)N(C)C2CCNCC2)cc1. The maximum absolute atomic E-state index is 12.5. The standard InChI is InChI=1S/C16H24N2O2S/c1-12(21-15-6-4-14(20-3)5-7-15)16(19)18(2)13-8-10-17-11-9-13/h4-7,12-13,17H,8-11H2,1-3H3. The monoisotopic (exact) mass is 308 g/mol. The zero-order valence-corrected chi connectivity index (χ0v) is 13.8. The Morgan fingerprint density at radius 1 is 1.33 bits per heavy atom. The Hall–Kier alpha value is -1.20. The Kier molecular flexibility index (Phi) is 5.94. The number of hydrogen-bond donors (Lipinski definition) is 1. The molecule has 5 heteroatoms. The van der Waals surface area contributed by atoms with Gasteiger partial charge < -0.3 is 15.0 Å². The molecule has 1 fully saturated rings. The van der Waals surface area contributed by atoms with Crippen LogP contribution in [0.25, 0.3) is 0 Å². The molecule has 1 aliphatic heterocycles. The van der Waals surface area contributed by atoms with Crippen molar-refractivity contribution in [3.8, 4) is 5.75 Å². The van der Waals surface area contributed by atoms with Crippen molar-refractivity contribution in [3.63, 3.8) is 0 Å². The normalized spacial score (nSPS) is 17.3. The summed E-state index contributed by atoms with van der Waals surface area (Å²) in [4.78, 5) is 15.6. The van der Waals surface area contributed by atoms with Crippen LogP contribution in [0.5, 0.6) is 5.75 Å². The van der Waals surface area contributed by atoms with Crippen LogP contribution in [0.1, 0.15) is 19.8 Å². The van der Waals surface area contributed by atoms with Crippen molar-refractivity contribution in [2.45, 2.75) is 36.0 Å². The Morgan fingerprint density at radius 2 is 1.95 bits per heavy atom. The van der Waals surface area contributed by atoms with Gasteiger partial charge in [-0.25, -0.2) is 0 Å². The molecule has 0 bridgehead atoms. The van der Waals surface area contributed by atoms with E-state index in [0.717, 1.165) is 36.6 Å². The highest BCUT2D eigenvalue weighted by molar-refractivity contribution is 8.00. The number of hydrogen-bond acceptors (Lipinski definition) is 4. The topological polar surface area (TPSA) is 41.6 Å². The summed E-state index contributed by atoms with van der Waals surface area (Å²) in [5.41, 5.74) is 0. The van der Waals surface area contributed by atoms with Crippen LogP contribution >= 0.6 is 11.8 Å². The molecular weight excluding hydrogens is 284 g/mol. The average Bonchev–Trinajstić information content (AvgIpc) is 2.55. The van der Waals surface area contributed by atoms with Gasteiger partial charge in [0.2, 0.25) is 5.91 Å². The molecule has 1 atom stereocenters. The smallest absolute Gasteiger partial charge is 0.235 e. The second-order valence-corrected chi connectivity index (χ2v) is 6.78. The highest BCUT2D eigenvalue weighted by Gasteiger charge is 2.25. The maximum Gasteiger partial charge on any atom is 0.235 e. The number of amides is 1. The summed E-state index contributed by atoms with van der Waals surface area (Å²) in [5, 5.41) is 3.26. The molecular formula is C16H24N2O2S. The summed E-state index contributed by atoms with van der Waals surface area (Å²) in [5.74, 6) is 1.05. The summed E-state index contributed by atoms with van der Waals surface area (Å²) >= 11 is 1.60. The first-order valence-electron chi connectivity index (χ1n) is 7.40. The number of carbonyl (C=O) groups excluding carboxylic acids is 1. The molecule has 2 rings (SSSR count). The van der Waals surface area contributed by atoms with Gasteiger partial charge in [-0.3, -0.25) is 4.79 Å². The summed E-state index contributed by atoms with van der Waals surface area (Å²) < 4.78 is 5.15. The van der Waals surface area contributed by atoms with Crippen LogP contribution in [0.3, 0.4) is 0 Å². The van der Waals surface area contributed by atoms with Crippen LogP contribution in [-0.2, 0) is 4.79 Å². The van der Waals surface area contributed by atoms with Crippen LogP contribution in [0, 0.1) is 0 Å². The van der Waals surface area contributed by atoms with Gasteiger partial charge in [-0.2, -0.15) is 0 Å². The van der Waals surface area contributed by atoms with Crippen molar-refractivity contribution >= 4 is 17.7 Å².